The fraction of sp³-hybridized carbons (Fsp3) is 0.652. The van der Waals surface area contributed by atoms with E-state index in [2.05, 4.69) is 36.6 Å². The number of carbonyl (C=O) groups is 9. The molecule has 0 saturated heterocycles. The number of aromatic nitrogens is 2. The first kappa shape index (κ1) is 58.6. The van der Waals surface area contributed by atoms with Crippen molar-refractivity contribution in [2.75, 3.05) is 13.1 Å². The Morgan fingerprint density at radius 1 is 0.758 bits per heavy atom. The number of imidazole rings is 1. The van der Waals surface area contributed by atoms with Gasteiger partial charge in [-0.1, -0.05) is 52.0 Å². The lowest BCUT2D eigenvalue weighted by Gasteiger charge is -2.31. The van der Waals surface area contributed by atoms with Gasteiger partial charge in [0, 0.05) is 18.3 Å². The van der Waals surface area contributed by atoms with Crippen LogP contribution in [-0.4, -0.2) is 123 Å². The van der Waals surface area contributed by atoms with Gasteiger partial charge in [0.05, 0.1) is 54.5 Å². The summed E-state index contributed by atoms with van der Waals surface area (Å²) in [4.78, 5) is 118. The van der Waals surface area contributed by atoms with Gasteiger partial charge < -0.3 is 68.3 Å². The number of H-pyrrole nitrogens is 1. The van der Waals surface area contributed by atoms with Crippen molar-refractivity contribution >= 4 is 54.2 Å². The number of carboxylic acid groups (broad SMARTS) is 1. The minimum atomic E-state index is -1.39. The average molecular weight is 929 g/mol. The first-order chi connectivity index (χ1) is 31.0. The molecule has 0 spiro atoms. The van der Waals surface area contributed by atoms with Gasteiger partial charge in [-0.3, -0.25) is 28.8 Å². The molecule has 370 valence electrons. The van der Waals surface area contributed by atoms with Gasteiger partial charge >= 0.3 is 5.97 Å². The fourth-order valence-corrected chi connectivity index (χ4v) is 6.87. The van der Waals surface area contributed by atoms with Crippen LogP contribution in [0.4, 0.5) is 0 Å². The number of ketones is 1. The van der Waals surface area contributed by atoms with Gasteiger partial charge in [-0.05, 0) is 96.3 Å². The van der Waals surface area contributed by atoms with Crippen LogP contribution in [0.2, 0.25) is 0 Å². The molecule has 1 aromatic rings. The Kier molecular flexibility index (Phi) is 26.6. The van der Waals surface area contributed by atoms with Crippen LogP contribution in [0.1, 0.15) is 124 Å². The van der Waals surface area contributed by atoms with Gasteiger partial charge in [0.2, 0.25) is 23.6 Å². The van der Waals surface area contributed by atoms with Gasteiger partial charge in [-0.15, -0.1) is 0 Å². The van der Waals surface area contributed by atoms with Crippen LogP contribution in [0.25, 0.3) is 0 Å². The smallest absolute Gasteiger partial charge is 0.305 e. The molecular weight excluding hydrogens is 853 g/mol. The highest BCUT2D eigenvalue weighted by Gasteiger charge is 2.37. The molecule has 1 heterocycles. The highest BCUT2D eigenvalue weighted by molar-refractivity contribution is 5.93. The van der Waals surface area contributed by atoms with Crippen LogP contribution in [-0.2, 0) is 49.6 Å². The molecule has 66 heavy (non-hydrogen) atoms. The third-order valence-electron chi connectivity index (χ3n) is 11.1. The summed E-state index contributed by atoms with van der Waals surface area (Å²) in [6.07, 6.45) is 16.4. The van der Waals surface area contributed by atoms with Gasteiger partial charge in [0.15, 0.2) is 5.78 Å². The molecule has 0 aromatic carbocycles. The summed E-state index contributed by atoms with van der Waals surface area (Å²) < 4.78 is 0. The second-order valence-electron chi connectivity index (χ2n) is 18.2. The van der Waals surface area contributed by atoms with Crippen molar-refractivity contribution in [3.63, 3.8) is 0 Å². The van der Waals surface area contributed by atoms with Crippen LogP contribution in [0, 0.1) is 11.8 Å². The third kappa shape index (κ3) is 22.6. The Morgan fingerprint density at radius 2 is 1.36 bits per heavy atom. The van der Waals surface area contributed by atoms with Gasteiger partial charge in [0.1, 0.15) is 30.9 Å². The van der Waals surface area contributed by atoms with Crippen molar-refractivity contribution in [1.29, 1.82) is 0 Å². The number of nitrogens with zero attached hydrogens (tertiary/aromatic N) is 1. The maximum atomic E-state index is 13.8. The molecule has 20 nitrogen and oxygen atoms in total. The normalized spacial score (nSPS) is 16.3. The van der Waals surface area contributed by atoms with Crippen LogP contribution in [0.15, 0.2) is 36.8 Å². The second kappa shape index (κ2) is 30.0. The van der Waals surface area contributed by atoms with E-state index in [1.807, 2.05) is 38.2 Å². The van der Waals surface area contributed by atoms with E-state index >= 15 is 0 Å². The Bertz CT molecular complexity index is 1780. The molecule has 0 unspecified atom stereocenters. The molecule has 13 N–H and O–H groups in total. The number of nitrogens with two attached hydrogens (primary N) is 3. The Morgan fingerprint density at radius 3 is 1.91 bits per heavy atom. The zero-order valence-corrected chi connectivity index (χ0v) is 39.6. The molecule has 4 amide bonds. The Balaban J connectivity index is 2.93. The summed E-state index contributed by atoms with van der Waals surface area (Å²) >= 11 is 0. The Hall–Kier alpha value is -5.44. The number of hydrogen-bond donors (Lipinski definition) is 10. The summed E-state index contributed by atoms with van der Waals surface area (Å²) in [6, 6.07) is -3.69. The number of rotatable bonds is 36. The fourth-order valence-electron chi connectivity index (χ4n) is 6.87. The topological polar surface area (TPSA) is 341 Å². The Labute approximate surface area is 388 Å². The van der Waals surface area contributed by atoms with E-state index in [0.29, 0.717) is 75.9 Å². The average Bonchev–Trinajstić information content (AvgIpc) is 3.77. The molecule has 1 aromatic heterocycles. The molecule has 0 bridgehead atoms. The first-order valence-corrected chi connectivity index (χ1v) is 22.7. The lowest BCUT2D eigenvalue weighted by Crippen LogP contribution is -2.60. The summed E-state index contributed by atoms with van der Waals surface area (Å²) in [7, 11) is 0. The summed E-state index contributed by atoms with van der Waals surface area (Å²) in [5, 5.41) is 22.3. The number of carbonyl (C=O) groups excluding carboxylic acids is 8. The van der Waals surface area contributed by atoms with Gasteiger partial charge in [0.25, 0.3) is 0 Å². The molecule has 0 aliphatic carbocycles. The van der Waals surface area contributed by atoms with E-state index in [0.717, 1.165) is 0 Å². The van der Waals surface area contributed by atoms with E-state index < -0.39 is 76.8 Å². The number of carboxylic acids is 1. The van der Waals surface area contributed by atoms with Crippen molar-refractivity contribution in [2.45, 2.75) is 166 Å². The van der Waals surface area contributed by atoms with Crippen LogP contribution >= 0.6 is 0 Å². The van der Waals surface area contributed by atoms with Crippen molar-refractivity contribution in [3.8, 4) is 0 Å². The number of hydrogen-bond acceptors (Lipinski definition) is 14. The lowest BCUT2D eigenvalue weighted by atomic mass is 9.86. The van der Waals surface area contributed by atoms with Gasteiger partial charge in [-0.2, -0.15) is 0 Å². The predicted octanol–water partition coefficient (Wildman–Crippen LogP) is 0.969. The molecule has 7 atom stereocenters. The quantitative estimate of drug-likeness (QED) is 0.0255. The van der Waals surface area contributed by atoms with Crippen molar-refractivity contribution < 1.29 is 48.3 Å². The number of amides is 4. The van der Waals surface area contributed by atoms with Crippen molar-refractivity contribution in [1.82, 2.24) is 36.6 Å². The molecule has 0 radical (unpaired) electrons. The number of nitrogens with one attached hydrogen (secondary N) is 6. The van der Waals surface area contributed by atoms with Crippen molar-refractivity contribution in [2.24, 2.45) is 29.0 Å². The highest BCUT2D eigenvalue weighted by Crippen LogP contribution is 2.21. The van der Waals surface area contributed by atoms with E-state index in [1.165, 1.54) is 12.5 Å². The van der Waals surface area contributed by atoms with Crippen LogP contribution in [0.3, 0.4) is 0 Å². The second-order valence-corrected chi connectivity index (χ2v) is 18.2. The molecule has 1 rings (SSSR count). The molecule has 0 aliphatic rings. The zero-order chi connectivity index (χ0) is 49.9. The maximum absolute atomic E-state index is 13.8. The van der Waals surface area contributed by atoms with Crippen molar-refractivity contribution in [3.05, 3.63) is 42.5 Å². The monoisotopic (exact) mass is 929 g/mol. The van der Waals surface area contributed by atoms with Gasteiger partial charge in [-0.25, -0.2) is 4.98 Å². The third-order valence-corrected chi connectivity index (χ3v) is 11.1. The minimum absolute atomic E-state index is 0.0927. The number of unbranched alkanes of at least 4 members (excludes halogenated alkanes) is 2. The number of Topliss-reactive ketones (excluding diaryl/α,β-unsaturated/α-hetero) is 1. The number of aliphatic carboxylic acids is 1. The number of aldehydes is 3. The number of allylic oxidation sites excluding steroid dienone is 4. The number of aromatic amines is 1. The zero-order valence-electron chi connectivity index (χ0n) is 39.6. The SMILES string of the molecule is CC(C)C[C@@H](C=O)NC(=O)[C@H](Cc1cnc[nH]1)NC(=O)[C@@](C)(N)CC/C=C\CC[C@](N)(CCC/C=C\CCC[C@](C)(N)C(=O)CN[C@H](C=O)CC(=O)O)C(=O)N[C@H](C(=O)NCC=O)C(C)C. The summed E-state index contributed by atoms with van der Waals surface area (Å²) in [5.41, 5.74) is 16.2. The largest absolute Gasteiger partial charge is 0.481 e. The molecule has 20 heteroatoms. The van der Waals surface area contributed by atoms with Crippen LogP contribution < -0.4 is 43.8 Å². The predicted molar refractivity (Wildman–Crippen MR) is 249 cm³/mol. The summed E-state index contributed by atoms with van der Waals surface area (Å²) in [6.45, 7) is 10.1. The van der Waals surface area contributed by atoms with E-state index in [1.54, 1.807) is 27.7 Å². The maximum Gasteiger partial charge on any atom is 0.305 e. The first-order valence-electron chi connectivity index (χ1n) is 22.7. The van der Waals surface area contributed by atoms with Crippen LogP contribution in [0.5, 0.6) is 0 Å². The summed E-state index contributed by atoms with van der Waals surface area (Å²) in [5.74, 6) is -3.80. The minimum Gasteiger partial charge on any atom is -0.481 e. The highest BCUT2D eigenvalue weighted by atomic mass is 16.4. The van der Waals surface area contributed by atoms with E-state index in [4.69, 9.17) is 22.3 Å². The molecule has 0 saturated carbocycles. The standard InChI is InChI=1S/C46H76N10O10/c1-31(2)23-35(29-59)54-40(63)36(24-33-26-50-30-53-33)55-42(65)45(6,48)18-14-11-12-16-20-46(49,43(66)56-39(32(3)4)41(64)51-21-22-57)19-15-10-8-7-9-13-17-44(5,47)37(60)27-52-34(28-58)25-38(61)62/h7-8,11-12,22,26,28-32,34-36,39,52H,9-10,13-21,23-25,27,47-49H2,1-6H3,(H,50,53)(H,51,64)(H,54,63)(H,55,65)(H,56,66)(H,61,62)/b8-7-,12-11-/t34-,35-,36-,39-,44-,45-,46+/m0/s1. The molecular formula is C46H76N10O10. The van der Waals surface area contributed by atoms with E-state index in [9.17, 15) is 43.2 Å². The van der Waals surface area contributed by atoms with E-state index in [-0.39, 0.29) is 56.4 Å². The lowest BCUT2D eigenvalue weighted by molar-refractivity contribution is -0.138. The molecule has 0 aliphatic heterocycles. The molecule has 0 fully saturated rings.